The molecule has 0 unspecified atom stereocenters. The summed E-state index contributed by atoms with van der Waals surface area (Å²) in [6.07, 6.45) is 1.71. The van der Waals surface area contributed by atoms with Gasteiger partial charge in [-0.25, -0.2) is 22.5 Å². The molecule has 2 aromatic heterocycles. The molecule has 9 nitrogen and oxygen atoms in total. The van der Waals surface area contributed by atoms with E-state index >= 15 is 0 Å². The summed E-state index contributed by atoms with van der Waals surface area (Å²) in [5, 5.41) is 7.99. The highest BCUT2D eigenvalue weighted by molar-refractivity contribution is 7.93. The fraction of sp³-hybridized carbons (Fsp3) is 0.381. The van der Waals surface area contributed by atoms with Gasteiger partial charge in [0.05, 0.1) is 17.1 Å². The van der Waals surface area contributed by atoms with Gasteiger partial charge in [-0.1, -0.05) is 22.9 Å². The first-order valence-electron chi connectivity index (χ1n) is 10.5. The van der Waals surface area contributed by atoms with E-state index in [-0.39, 0.29) is 0 Å². The van der Waals surface area contributed by atoms with Crippen LogP contribution < -0.4 is 9.62 Å². The van der Waals surface area contributed by atoms with Gasteiger partial charge in [0.1, 0.15) is 23.1 Å². The van der Waals surface area contributed by atoms with E-state index < -0.39 is 21.1 Å². The molecule has 4 rings (SSSR count). The van der Waals surface area contributed by atoms with E-state index in [1.807, 2.05) is 6.07 Å². The Morgan fingerprint density at radius 3 is 2.61 bits per heavy atom. The van der Waals surface area contributed by atoms with E-state index in [1.54, 1.807) is 44.3 Å². The Bertz CT molecular complexity index is 1230. The maximum Gasteiger partial charge on any atom is 0.236 e. The highest BCUT2D eigenvalue weighted by Crippen LogP contribution is 2.20. The van der Waals surface area contributed by atoms with Crippen LogP contribution in [0.4, 0.5) is 16.0 Å². The number of hydrogen-bond acceptors (Lipinski definition) is 7. The molecule has 0 bridgehead atoms. The molecule has 1 aliphatic heterocycles. The zero-order chi connectivity index (χ0) is 23.6. The maximum atomic E-state index is 14.1. The largest absolute Gasteiger partial charge is 0.354 e. The average molecular weight is 494 g/mol. The first-order valence-corrected chi connectivity index (χ1v) is 12.5. The van der Waals surface area contributed by atoms with Crippen molar-refractivity contribution in [1.29, 1.82) is 0 Å². The monoisotopic (exact) mass is 493 g/mol. The van der Waals surface area contributed by atoms with Crippen LogP contribution >= 0.6 is 11.6 Å². The minimum Gasteiger partial charge on any atom is -0.354 e. The van der Waals surface area contributed by atoms with Crippen LogP contribution in [0.3, 0.4) is 0 Å². The molecule has 1 aliphatic rings. The second-order valence-corrected chi connectivity index (χ2v) is 10.8. The Kier molecular flexibility index (Phi) is 6.82. The minimum absolute atomic E-state index is 0.294. The maximum absolute atomic E-state index is 14.1. The summed E-state index contributed by atoms with van der Waals surface area (Å²) in [4.78, 5) is 8.82. The molecule has 0 aliphatic carbocycles. The summed E-state index contributed by atoms with van der Waals surface area (Å²) < 4.78 is 42.3. The molecule has 1 N–H and O–H groups in total. The van der Waals surface area contributed by atoms with E-state index in [0.29, 0.717) is 23.1 Å². The highest BCUT2D eigenvalue weighted by Gasteiger charge is 2.21. The van der Waals surface area contributed by atoms with Crippen molar-refractivity contribution in [2.75, 3.05) is 35.8 Å². The van der Waals surface area contributed by atoms with E-state index in [9.17, 15) is 12.8 Å². The fourth-order valence-corrected chi connectivity index (χ4v) is 4.24. The molecule has 0 atom stereocenters. The van der Waals surface area contributed by atoms with E-state index in [2.05, 4.69) is 29.8 Å². The number of piperazine rings is 1. The van der Waals surface area contributed by atoms with Crippen LogP contribution in [0.15, 0.2) is 42.6 Å². The van der Waals surface area contributed by atoms with Crippen molar-refractivity contribution in [2.24, 2.45) is 0 Å². The molecule has 12 heteroatoms. The van der Waals surface area contributed by atoms with Gasteiger partial charge >= 0.3 is 0 Å². The van der Waals surface area contributed by atoms with Gasteiger partial charge in [-0.05, 0) is 44.2 Å². The van der Waals surface area contributed by atoms with Crippen LogP contribution in [0.5, 0.6) is 0 Å². The van der Waals surface area contributed by atoms with Gasteiger partial charge in [0.25, 0.3) is 0 Å². The topological polar surface area (TPSA) is 96.2 Å². The van der Waals surface area contributed by atoms with Crippen molar-refractivity contribution >= 4 is 33.3 Å². The Morgan fingerprint density at radius 2 is 1.91 bits per heavy atom. The molecule has 0 saturated carbocycles. The Balaban J connectivity index is 1.35. The molecular weight excluding hydrogens is 469 g/mol. The number of nitrogens with one attached hydrogen (secondary N) is 1. The number of nitrogens with zero attached hydrogens (tertiary/aromatic N) is 6. The first-order chi connectivity index (χ1) is 15.7. The van der Waals surface area contributed by atoms with Gasteiger partial charge in [-0.15, -0.1) is 5.10 Å². The lowest BCUT2D eigenvalue weighted by Gasteiger charge is -2.35. The van der Waals surface area contributed by atoms with Crippen molar-refractivity contribution in [3.8, 4) is 5.69 Å². The normalized spacial score (nSPS) is 15.2. The third-order valence-electron chi connectivity index (χ3n) is 5.38. The molecule has 3 heterocycles. The van der Waals surface area contributed by atoms with Gasteiger partial charge < -0.3 is 4.90 Å². The lowest BCUT2D eigenvalue weighted by Crippen LogP contribution is -2.46. The van der Waals surface area contributed by atoms with Gasteiger partial charge in [0.15, 0.2) is 0 Å². The Labute approximate surface area is 197 Å². The SMILES string of the molecule is CC(C)S(=O)(=O)Nc1cccc(N2CCN(Cc3cn(-c4ccc(Cl)cc4F)nn3)CC2)n1. The van der Waals surface area contributed by atoms with Crippen molar-refractivity contribution < 1.29 is 12.8 Å². The third-order valence-corrected chi connectivity index (χ3v) is 7.35. The summed E-state index contributed by atoms with van der Waals surface area (Å²) in [5.41, 5.74) is 1.03. The van der Waals surface area contributed by atoms with E-state index in [0.717, 1.165) is 37.7 Å². The molecule has 1 aromatic carbocycles. The molecule has 3 aromatic rings. The summed E-state index contributed by atoms with van der Waals surface area (Å²) in [6.45, 7) is 6.83. The molecular formula is C21H25ClFN7O2S. The number of benzene rings is 1. The third kappa shape index (κ3) is 5.60. The Hall–Kier alpha value is -2.76. The number of sulfonamides is 1. The van der Waals surface area contributed by atoms with Crippen LogP contribution in [-0.2, 0) is 16.6 Å². The number of aromatic nitrogens is 4. The van der Waals surface area contributed by atoms with Gasteiger partial charge in [0, 0.05) is 37.7 Å². The molecule has 33 heavy (non-hydrogen) atoms. The second-order valence-electron chi connectivity index (χ2n) is 8.09. The van der Waals surface area contributed by atoms with Crippen molar-refractivity contribution in [3.05, 3.63) is 59.1 Å². The van der Waals surface area contributed by atoms with Gasteiger partial charge in [-0.2, -0.15) is 0 Å². The number of halogens is 2. The number of hydrogen-bond donors (Lipinski definition) is 1. The molecule has 1 saturated heterocycles. The van der Waals surface area contributed by atoms with Crippen LogP contribution in [0, 0.1) is 5.82 Å². The van der Waals surface area contributed by atoms with Crippen molar-refractivity contribution in [2.45, 2.75) is 25.6 Å². The molecule has 176 valence electrons. The van der Waals surface area contributed by atoms with E-state index in [1.165, 1.54) is 10.7 Å². The molecule has 0 radical (unpaired) electrons. The summed E-state index contributed by atoms with van der Waals surface area (Å²) in [7, 11) is -3.45. The lowest BCUT2D eigenvalue weighted by molar-refractivity contribution is 0.246. The van der Waals surface area contributed by atoms with Crippen LogP contribution in [0.2, 0.25) is 5.02 Å². The molecule has 0 spiro atoms. The van der Waals surface area contributed by atoms with Crippen molar-refractivity contribution in [1.82, 2.24) is 24.9 Å². The van der Waals surface area contributed by atoms with Crippen molar-refractivity contribution in [3.63, 3.8) is 0 Å². The fourth-order valence-electron chi connectivity index (χ4n) is 3.44. The number of anilines is 2. The number of pyridine rings is 1. The first kappa shape index (κ1) is 23.4. The lowest BCUT2D eigenvalue weighted by atomic mass is 10.3. The second kappa shape index (κ2) is 9.62. The van der Waals surface area contributed by atoms with Gasteiger partial charge in [0.2, 0.25) is 10.0 Å². The predicted octanol–water partition coefficient (Wildman–Crippen LogP) is 2.93. The zero-order valence-corrected chi connectivity index (χ0v) is 19.9. The van der Waals surface area contributed by atoms with E-state index in [4.69, 9.17) is 11.6 Å². The molecule has 1 fully saturated rings. The Morgan fingerprint density at radius 1 is 1.15 bits per heavy atom. The quantitative estimate of drug-likeness (QED) is 0.540. The van der Waals surface area contributed by atoms with Crippen LogP contribution in [0.1, 0.15) is 19.5 Å². The standard InChI is InChI=1S/C21H25ClFN7O2S/c1-15(2)33(31,32)26-20-4-3-5-21(24-20)29-10-8-28(9-11-29)13-17-14-30(27-25-17)19-7-6-16(22)12-18(19)23/h3-7,12,14-15H,8-11,13H2,1-2H3,(H,24,26). The smallest absolute Gasteiger partial charge is 0.236 e. The predicted molar refractivity (Wildman–Crippen MR) is 126 cm³/mol. The van der Waals surface area contributed by atoms with Gasteiger partial charge in [-0.3, -0.25) is 9.62 Å². The summed E-state index contributed by atoms with van der Waals surface area (Å²) >= 11 is 5.81. The molecule has 0 amide bonds. The van der Waals surface area contributed by atoms with Crippen LogP contribution in [0.25, 0.3) is 5.69 Å². The minimum atomic E-state index is -3.45. The average Bonchev–Trinajstić information content (AvgIpc) is 3.22. The number of rotatable bonds is 7. The zero-order valence-electron chi connectivity index (χ0n) is 18.3. The van der Waals surface area contributed by atoms with Crippen LogP contribution in [-0.4, -0.2) is 64.7 Å². The summed E-state index contributed by atoms with van der Waals surface area (Å²) in [6, 6.07) is 9.73. The summed E-state index contributed by atoms with van der Waals surface area (Å²) in [5.74, 6) is 0.579. The highest BCUT2D eigenvalue weighted by atomic mass is 35.5.